The van der Waals surface area contributed by atoms with Crippen LogP contribution in [0, 0.1) is 11.3 Å². The molecule has 3 N–H and O–H groups in total. The van der Waals surface area contributed by atoms with Gasteiger partial charge in [-0.15, -0.1) is 0 Å². The number of ether oxygens (including phenoxy) is 1. The fourth-order valence-electron chi connectivity index (χ4n) is 4.08. The van der Waals surface area contributed by atoms with Crippen LogP contribution >= 0.6 is 11.6 Å². The molecule has 8 nitrogen and oxygen atoms in total. The summed E-state index contributed by atoms with van der Waals surface area (Å²) in [5.74, 6) is -0.636. The number of hydrogen-bond donors (Lipinski definition) is 3. The van der Waals surface area contributed by atoms with Crippen LogP contribution in [0.2, 0.25) is 5.02 Å². The number of carbonyl (C=O) groups excluding carboxylic acids is 3. The minimum atomic E-state index is -1.11. The minimum Gasteiger partial charge on any atom is -0.453 e. The molecule has 2 atom stereocenters. The summed E-state index contributed by atoms with van der Waals surface area (Å²) < 4.78 is 4.47. The second kappa shape index (κ2) is 10.5. The Bertz CT molecular complexity index is 827. The number of halogens is 1. The quantitative estimate of drug-likeness (QED) is 0.571. The number of piperidine rings is 1. The van der Waals surface area contributed by atoms with Crippen LogP contribution in [0.15, 0.2) is 24.3 Å². The van der Waals surface area contributed by atoms with Crippen LogP contribution in [0.3, 0.4) is 0 Å². The van der Waals surface area contributed by atoms with Crippen molar-refractivity contribution in [3.05, 3.63) is 34.9 Å². The maximum Gasteiger partial charge on any atom is 0.406 e. The third kappa shape index (κ3) is 5.92. The lowest BCUT2D eigenvalue weighted by molar-refractivity contribution is -0.156. The fraction of sp³-hybridized carbons (Fsp3) is 0.609. The third-order valence-corrected chi connectivity index (χ3v) is 6.39. The Morgan fingerprint density at radius 3 is 2.38 bits per heavy atom. The number of aliphatic hydroxyl groups is 1. The molecule has 0 spiro atoms. The number of likely N-dealkylation sites (tertiary alicyclic amines) is 1. The van der Waals surface area contributed by atoms with Gasteiger partial charge < -0.3 is 25.4 Å². The average molecular weight is 468 g/mol. The standard InChI is InChI=1S/C23H34ClN3O5/c1-15(2)19(26-18(28)10-12-25-21(30)32-5)20(29)27-13-11-23(31,22(3,4)14-27)16-6-8-17(24)9-7-16/h6-9,15,19,31H,10-14H2,1-5H3,(H,25,30)(H,26,28). The topological polar surface area (TPSA) is 108 Å². The van der Waals surface area contributed by atoms with Gasteiger partial charge in [0.2, 0.25) is 11.8 Å². The zero-order chi connectivity index (χ0) is 24.1. The number of rotatable bonds is 7. The van der Waals surface area contributed by atoms with E-state index >= 15 is 0 Å². The maximum atomic E-state index is 13.3. The average Bonchev–Trinajstić information content (AvgIpc) is 2.73. The van der Waals surface area contributed by atoms with Crippen molar-refractivity contribution in [3.8, 4) is 0 Å². The van der Waals surface area contributed by atoms with Crippen LogP contribution in [-0.4, -0.2) is 60.7 Å². The molecule has 1 saturated heterocycles. The molecule has 9 heteroatoms. The molecule has 1 aromatic carbocycles. The fourth-order valence-corrected chi connectivity index (χ4v) is 4.20. The molecular weight excluding hydrogens is 434 g/mol. The normalized spacial score (nSPS) is 21.1. The monoisotopic (exact) mass is 467 g/mol. The van der Waals surface area contributed by atoms with E-state index in [1.807, 2.05) is 39.8 Å². The molecule has 0 aliphatic carbocycles. The predicted octanol–water partition coefficient (Wildman–Crippen LogP) is 2.67. The molecule has 178 valence electrons. The molecule has 1 fully saturated rings. The molecule has 0 saturated carbocycles. The van der Waals surface area contributed by atoms with Crippen molar-refractivity contribution in [2.24, 2.45) is 11.3 Å². The summed E-state index contributed by atoms with van der Waals surface area (Å²) in [6.45, 7) is 8.43. The Hall–Kier alpha value is -2.32. The number of amides is 3. The summed E-state index contributed by atoms with van der Waals surface area (Å²) in [4.78, 5) is 38.5. The van der Waals surface area contributed by atoms with Crippen molar-refractivity contribution in [2.75, 3.05) is 26.7 Å². The number of nitrogens with one attached hydrogen (secondary N) is 2. The molecular formula is C23H34ClN3O5. The maximum absolute atomic E-state index is 13.3. The highest BCUT2D eigenvalue weighted by molar-refractivity contribution is 6.30. The van der Waals surface area contributed by atoms with Gasteiger partial charge in [-0.25, -0.2) is 4.79 Å². The smallest absolute Gasteiger partial charge is 0.406 e. The van der Waals surface area contributed by atoms with E-state index in [4.69, 9.17) is 11.6 Å². The molecule has 0 radical (unpaired) electrons. The Balaban J connectivity index is 2.07. The first-order valence-corrected chi connectivity index (χ1v) is 11.2. The molecule has 0 aromatic heterocycles. The molecule has 1 aromatic rings. The van der Waals surface area contributed by atoms with Crippen LogP contribution < -0.4 is 10.6 Å². The van der Waals surface area contributed by atoms with Gasteiger partial charge in [0.15, 0.2) is 0 Å². The van der Waals surface area contributed by atoms with Crippen molar-refractivity contribution in [3.63, 3.8) is 0 Å². The predicted molar refractivity (Wildman–Crippen MR) is 122 cm³/mol. The second-order valence-corrected chi connectivity index (χ2v) is 9.65. The second-order valence-electron chi connectivity index (χ2n) is 9.22. The van der Waals surface area contributed by atoms with Gasteiger partial charge in [0, 0.05) is 36.5 Å². The summed E-state index contributed by atoms with van der Waals surface area (Å²) in [7, 11) is 1.25. The van der Waals surface area contributed by atoms with Gasteiger partial charge in [-0.2, -0.15) is 0 Å². The molecule has 1 aliphatic rings. The van der Waals surface area contributed by atoms with E-state index in [-0.39, 0.29) is 30.7 Å². The van der Waals surface area contributed by atoms with E-state index < -0.39 is 23.2 Å². The van der Waals surface area contributed by atoms with E-state index in [0.29, 0.717) is 24.5 Å². The number of nitrogens with zero attached hydrogens (tertiary/aromatic N) is 1. The van der Waals surface area contributed by atoms with Crippen LogP contribution in [-0.2, 0) is 19.9 Å². The van der Waals surface area contributed by atoms with Crippen LogP contribution in [0.25, 0.3) is 0 Å². The number of benzene rings is 1. The minimum absolute atomic E-state index is 0.0351. The Labute approximate surface area is 194 Å². The molecule has 3 amide bonds. The lowest BCUT2D eigenvalue weighted by atomic mass is 9.66. The summed E-state index contributed by atoms with van der Waals surface area (Å²) in [6.07, 6.45) is -0.208. The first-order chi connectivity index (χ1) is 14.9. The summed E-state index contributed by atoms with van der Waals surface area (Å²) in [5.41, 5.74) is -0.958. The van der Waals surface area contributed by atoms with E-state index in [1.165, 1.54) is 7.11 Å². The molecule has 2 unspecified atom stereocenters. The molecule has 0 bridgehead atoms. The highest BCUT2D eigenvalue weighted by Gasteiger charge is 2.50. The third-order valence-electron chi connectivity index (χ3n) is 6.14. The zero-order valence-electron chi connectivity index (χ0n) is 19.4. The van der Waals surface area contributed by atoms with Crippen molar-refractivity contribution < 1.29 is 24.2 Å². The summed E-state index contributed by atoms with van der Waals surface area (Å²) in [5, 5.41) is 17.4. The van der Waals surface area contributed by atoms with Crippen LogP contribution in [0.1, 0.15) is 46.1 Å². The number of methoxy groups -OCH3 is 1. The van der Waals surface area contributed by atoms with Crippen molar-refractivity contribution in [1.29, 1.82) is 0 Å². The van der Waals surface area contributed by atoms with Gasteiger partial charge >= 0.3 is 6.09 Å². The van der Waals surface area contributed by atoms with Gasteiger partial charge in [-0.1, -0.05) is 51.4 Å². The lowest BCUT2D eigenvalue weighted by Crippen LogP contribution is -2.60. The Kier molecular flexibility index (Phi) is 8.54. The van der Waals surface area contributed by atoms with Crippen molar-refractivity contribution in [2.45, 2.75) is 52.2 Å². The molecule has 2 rings (SSSR count). The van der Waals surface area contributed by atoms with Gasteiger partial charge in [0.1, 0.15) is 6.04 Å². The highest BCUT2D eigenvalue weighted by Crippen LogP contribution is 2.46. The Morgan fingerprint density at radius 2 is 1.84 bits per heavy atom. The zero-order valence-corrected chi connectivity index (χ0v) is 20.2. The lowest BCUT2D eigenvalue weighted by Gasteiger charge is -2.51. The van der Waals surface area contributed by atoms with Crippen LogP contribution in [0.5, 0.6) is 0 Å². The van der Waals surface area contributed by atoms with Gasteiger partial charge in [-0.05, 0) is 30.0 Å². The van der Waals surface area contributed by atoms with E-state index in [9.17, 15) is 19.5 Å². The van der Waals surface area contributed by atoms with Gasteiger partial charge in [0.05, 0.1) is 12.7 Å². The van der Waals surface area contributed by atoms with Crippen molar-refractivity contribution in [1.82, 2.24) is 15.5 Å². The largest absolute Gasteiger partial charge is 0.453 e. The number of hydrogen-bond acceptors (Lipinski definition) is 5. The number of alkyl carbamates (subject to hydrolysis) is 1. The van der Waals surface area contributed by atoms with E-state index in [0.717, 1.165) is 5.56 Å². The first-order valence-electron chi connectivity index (χ1n) is 10.8. The van der Waals surface area contributed by atoms with Crippen molar-refractivity contribution >= 4 is 29.5 Å². The summed E-state index contributed by atoms with van der Waals surface area (Å²) in [6, 6.07) is 6.45. The SMILES string of the molecule is COC(=O)NCCC(=O)NC(C(=O)N1CCC(O)(c2ccc(Cl)cc2)C(C)(C)C1)C(C)C. The molecule has 1 aliphatic heterocycles. The number of carbonyl (C=O) groups is 3. The van der Waals surface area contributed by atoms with Gasteiger partial charge in [-0.3, -0.25) is 9.59 Å². The molecule has 32 heavy (non-hydrogen) atoms. The van der Waals surface area contributed by atoms with Gasteiger partial charge in [0.25, 0.3) is 0 Å². The van der Waals surface area contributed by atoms with Crippen LogP contribution in [0.4, 0.5) is 4.79 Å². The van der Waals surface area contributed by atoms with E-state index in [1.54, 1.807) is 17.0 Å². The first kappa shape index (κ1) is 25.9. The molecule has 1 heterocycles. The Morgan fingerprint density at radius 1 is 1.22 bits per heavy atom. The highest BCUT2D eigenvalue weighted by atomic mass is 35.5. The van der Waals surface area contributed by atoms with E-state index in [2.05, 4.69) is 15.4 Å². The summed E-state index contributed by atoms with van der Waals surface area (Å²) >= 11 is 6.00.